The minimum absolute atomic E-state index is 0.345. The molecule has 4 heterocycles. The van der Waals surface area contributed by atoms with Crippen LogP contribution in [0.15, 0.2) is 67.0 Å². The minimum Gasteiger partial charge on any atom is -0.361 e. The third-order valence-corrected chi connectivity index (χ3v) is 4.92. The van der Waals surface area contributed by atoms with Gasteiger partial charge in [0, 0.05) is 30.4 Å². The molecule has 0 unspecified atom stereocenters. The second-order valence-corrected chi connectivity index (χ2v) is 6.83. The van der Waals surface area contributed by atoms with Crippen molar-refractivity contribution >= 4 is 39.4 Å². The Morgan fingerprint density at radius 1 is 1.00 bits per heavy atom. The van der Waals surface area contributed by atoms with Crippen LogP contribution in [0.1, 0.15) is 5.56 Å². The van der Waals surface area contributed by atoms with E-state index in [-0.39, 0.29) is 0 Å². The van der Waals surface area contributed by atoms with Gasteiger partial charge in [-0.2, -0.15) is 0 Å². The van der Waals surface area contributed by atoms with Crippen LogP contribution in [0.25, 0.3) is 26.9 Å². The predicted octanol–water partition coefficient (Wildman–Crippen LogP) is 4.14. The Morgan fingerprint density at radius 3 is 2.80 bits per heavy atom. The summed E-state index contributed by atoms with van der Waals surface area (Å²) in [4.78, 5) is 18.5. The van der Waals surface area contributed by atoms with Gasteiger partial charge in [-0.1, -0.05) is 23.9 Å². The molecular formula is C22H16N8. The van der Waals surface area contributed by atoms with Crippen LogP contribution in [-0.2, 0) is 6.54 Å². The van der Waals surface area contributed by atoms with E-state index in [4.69, 9.17) is 11.6 Å². The Morgan fingerprint density at radius 2 is 1.90 bits per heavy atom. The van der Waals surface area contributed by atoms with E-state index in [9.17, 15) is 0 Å². The highest BCUT2D eigenvalue weighted by atomic mass is 15.4. The highest BCUT2D eigenvalue weighted by Gasteiger charge is 2.12. The Balaban J connectivity index is 1.50. The molecule has 1 aromatic carbocycles. The molecule has 5 rings (SSSR count). The molecule has 30 heavy (non-hydrogen) atoms. The quantitative estimate of drug-likeness (QED) is 0.428. The van der Waals surface area contributed by atoms with E-state index in [1.807, 2.05) is 54.4 Å². The van der Waals surface area contributed by atoms with Crippen molar-refractivity contribution in [1.29, 1.82) is 0 Å². The summed E-state index contributed by atoms with van der Waals surface area (Å²) >= 11 is 0. The van der Waals surface area contributed by atoms with Gasteiger partial charge in [0.2, 0.25) is 0 Å². The first kappa shape index (κ1) is 17.7. The first-order chi connectivity index (χ1) is 14.7. The summed E-state index contributed by atoms with van der Waals surface area (Å²) in [5.41, 5.74) is 4.32. The van der Waals surface area contributed by atoms with Crippen molar-refractivity contribution in [3.05, 3.63) is 84.0 Å². The van der Waals surface area contributed by atoms with E-state index in [0.717, 1.165) is 33.5 Å². The number of rotatable bonds is 4. The fourth-order valence-corrected chi connectivity index (χ4v) is 3.34. The van der Waals surface area contributed by atoms with E-state index < -0.39 is 0 Å². The fraction of sp³-hybridized carbons (Fsp3) is 0.0909. The predicted molar refractivity (Wildman–Crippen MR) is 115 cm³/mol. The SMILES string of the molecule is [C-]#[N+]c1cc(N(C)c2ccc3nnn(Cc4ccc5ncccc5c4)c3n2)ccn1. The molecule has 0 amide bonds. The molecule has 8 nitrogen and oxygen atoms in total. The molecule has 0 radical (unpaired) electrons. The van der Waals surface area contributed by atoms with Crippen molar-refractivity contribution in [2.75, 3.05) is 11.9 Å². The lowest BCUT2D eigenvalue weighted by Gasteiger charge is -2.18. The largest absolute Gasteiger partial charge is 0.361 e. The third kappa shape index (κ3) is 3.18. The van der Waals surface area contributed by atoms with Crippen LogP contribution in [0.2, 0.25) is 0 Å². The van der Waals surface area contributed by atoms with Crippen LogP contribution in [0, 0.1) is 6.57 Å². The zero-order chi connectivity index (χ0) is 20.5. The van der Waals surface area contributed by atoms with Gasteiger partial charge in [-0.3, -0.25) is 4.98 Å². The Bertz CT molecular complexity index is 1420. The molecule has 0 fully saturated rings. The van der Waals surface area contributed by atoms with E-state index in [1.165, 1.54) is 0 Å². The van der Waals surface area contributed by atoms with Crippen LogP contribution < -0.4 is 4.90 Å². The highest BCUT2D eigenvalue weighted by Crippen LogP contribution is 2.26. The molecule has 0 saturated heterocycles. The number of fused-ring (bicyclic) bond motifs is 2. The molecule has 0 aliphatic carbocycles. The number of anilines is 2. The molecule has 0 saturated carbocycles. The molecule has 144 valence electrons. The van der Waals surface area contributed by atoms with E-state index in [2.05, 4.69) is 31.2 Å². The van der Waals surface area contributed by atoms with Crippen molar-refractivity contribution < 1.29 is 0 Å². The molecule has 0 aliphatic rings. The van der Waals surface area contributed by atoms with Crippen LogP contribution >= 0.6 is 0 Å². The number of hydrogen-bond donors (Lipinski definition) is 0. The zero-order valence-electron chi connectivity index (χ0n) is 16.1. The average Bonchev–Trinajstić information content (AvgIpc) is 3.20. The first-order valence-electron chi connectivity index (χ1n) is 9.32. The Kier molecular flexibility index (Phi) is 4.26. The monoisotopic (exact) mass is 392 g/mol. The molecule has 0 bridgehead atoms. The first-order valence-corrected chi connectivity index (χ1v) is 9.32. The minimum atomic E-state index is 0.345. The molecular weight excluding hydrogens is 376 g/mol. The number of hydrogen-bond acceptors (Lipinski definition) is 6. The summed E-state index contributed by atoms with van der Waals surface area (Å²) < 4.78 is 1.79. The van der Waals surface area contributed by atoms with Crippen molar-refractivity contribution in [3.8, 4) is 0 Å². The highest BCUT2D eigenvalue weighted by molar-refractivity contribution is 5.79. The number of benzene rings is 1. The van der Waals surface area contributed by atoms with Crippen molar-refractivity contribution in [3.63, 3.8) is 0 Å². The van der Waals surface area contributed by atoms with Crippen LogP contribution in [-0.4, -0.2) is 37.0 Å². The van der Waals surface area contributed by atoms with Gasteiger partial charge in [-0.15, -0.1) is 10.1 Å². The lowest BCUT2D eigenvalue weighted by molar-refractivity contribution is 0.664. The fourth-order valence-electron chi connectivity index (χ4n) is 3.34. The summed E-state index contributed by atoms with van der Waals surface area (Å²) in [6.07, 6.45) is 3.41. The molecule has 0 atom stereocenters. The van der Waals surface area contributed by atoms with Gasteiger partial charge in [0.05, 0.1) is 12.1 Å². The van der Waals surface area contributed by atoms with Gasteiger partial charge < -0.3 is 9.74 Å². The maximum Gasteiger partial charge on any atom is 0.271 e. The van der Waals surface area contributed by atoms with Gasteiger partial charge >= 0.3 is 0 Å². The topological polar surface area (TPSA) is 77.0 Å². The van der Waals surface area contributed by atoms with Crippen molar-refractivity contribution in [2.45, 2.75) is 6.54 Å². The lowest BCUT2D eigenvalue weighted by Crippen LogP contribution is -2.12. The van der Waals surface area contributed by atoms with Gasteiger partial charge in [-0.25, -0.2) is 9.67 Å². The summed E-state index contributed by atoms with van der Waals surface area (Å²) in [5.74, 6) is 1.08. The Labute approximate surface area is 172 Å². The second-order valence-electron chi connectivity index (χ2n) is 6.83. The van der Waals surface area contributed by atoms with E-state index >= 15 is 0 Å². The maximum absolute atomic E-state index is 7.16. The maximum atomic E-state index is 7.16. The summed E-state index contributed by atoms with van der Waals surface area (Å²) in [5, 5.41) is 9.62. The van der Waals surface area contributed by atoms with Crippen LogP contribution in [0.4, 0.5) is 17.3 Å². The number of nitrogens with zero attached hydrogens (tertiary/aromatic N) is 8. The van der Waals surface area contributed by atoms with Gasteiger partial charge in [0.1, 0.15) is 17.5 Å². The average molecular weight is 392 g/mol. The van der Waals surface area contributed by atoms with Crippen molar-refractivity contribution in [1.82, 2.24) is 29.9 Å². The van der Waals surface area contributed by atoms with Crippen LogP contribution in [0.3, 0.4) is 0 Å². The smallest absolute Gasteiger partial charge is 0.271 e. The number of pyridine rings is 3. The van der Waals surface area contributed by atoms with Crippen molar-refractivity contribution in [2.24, 2.45) is 0 Å². The zero-order valence-corrected chi connectivity index (χ0v) is 16.1. The molecule has 5 aromatic rings. The van der Waals surface area contributed by atoms with Gasteiger partial charge in [-0.05, 0) is 42.0 Å². The second kappa shape index (κ2) is 7.22. The Hall–Kier alpha value is -4.38. The van der Waals surface area contributed by atoms with Gasteiger partial charge in [0.15, 0.2) is 5.65 Å². The third-order valence-electron chi connectivity index (χ3n) is 4.92. The lowest BCUT2D eigenvalue weighted by atomic mass is 10.1. The summed E-state index contributed by atoms with van der Waals surface area (Å²) in [6, 6.07) is 17.5. The number of aromatic nitrogens is 6. The summed E-state index contributed by atoms with van der Waals surface area (Å²) in [7, 11) is 1.90. The summed E-state index contributed by atoms with van der Waals surface area (Å²) in [6.45, 7) is 7.72. The molecule has 0 aliphatic heterocycles. The van der Waals surface area contributed by atoms with Gasteiger partial charge in [0.25, 0.3) is 5.82 Å². The molecule has 0 N–H and O–H groups in total. The van der Waals surface area contributed by atoms with E-state index in [0.29, 0.717) is 18.0 Å². The van der Waals surface area contributed by atoms with Crippen LogP contribution in [0.5, 0.6) is 0 Å². The molecule has 4 aromatic heterocycles. The molecule has 8 heteroatoms. The standard InChI is InChI=1S/C22H16N8/c1-23-20-13-17(9-11-25-20)29(2)21-8-7-19-22(26-21)30(28-27-19)14-15-5-6-18-16(12-15)4-3-10-24-18/h3-13H,14H2,2H3. The van der Waals surface area contributed by atoms with E-state index in [1.54, 1.807) is 23.1 Å². The normalized spacial score (nSPS) is 10.9. The molecule has 0 spiro atoms.